The molecule has 0 saturated heterocycles. The summed E-state index contributed by atoms with van der Waals surface area (Å²) in [6, 6.07) is 18.5. The van der Waals surface area contributed by atoms with Gasteiger partial charge in [0.1, 0.15) is 5.69 Å². The Balaban J connectivity index is 1.79. The fourth-order valence-electron chi connectivity index (χ4n) is 2.83. The molecule has 0 radical (unpaired) electrons. The number of rotatable bonds is 4. The molecule has 138 valence electrons. The highest BCUT2D eigenvalue weighted by atomic mass is 32.1. The number of nitrogens with zero attached hydrogens (tertiary/aromatic N) is 1. The molecule has 0 fully saturated rings. The molecule has 0 N–H and O–H groups in total. The van der Waals surface area contributed by atoms with Crippen LogP contribution in [0.3, 0.4) is 0 Å². The predicted molar refractivity (Wildman–Crippen MR) is 113 cm³/mol. The van der Waals surface area contributed by atoms with Gasteiger partial charge in [-0.15, -0.1) is 0 Å². The van der Waals surface area contributed by atoms with Crippen LogP contribution >= 0.6 is 12.2 Å². The minimum atomic E-state index is -0.816. The van der Waals surface area contributed by atoms with Crippen LogP contribution in [-0.2, 0) is 6.42 Å². The molecular formula is C24H17F2NS. The molecule has 0 aliphatic heterocycles. The van der Waals surface area contributed by atoms with Crippen molar-refractivity contribution in [1.82, 2.24) is 0 Å². The molecule has 0 amide bonds. The Morgan fingerprint density at radius 2 is 1.36 bits per heavy atom. The smallest absolute Gasteiger partial charge is 0.153 e. The molecule has 28 heavy (non-hydrogen) atoms. The highest BCUT2D eigenvalue weighted by Gasteiger charge is 2.09. The predicted octanol–water partition coefficient (Wildman–Crippen LogP) is 6.72. The average Bonchev–Trinajstić information content (AvgIpc) is 2.70. The Morgan fingerprint density at radius 1 is 0.821 bits per heavy atom. The molecular weight excluding hydrogens is 372 g/mol. The van der Waals surface area contributed by atoms with Gasteiger partial charge in [-0.1, -0.05) is 61.6 Å². The first-order chi connectivity index (χ1) is 13.6. The van der Waals surface area contributed by atoms with Gasteiger partial charge < -0.3 is 0 Å². The lowest BCUT2D eigenvalue weighted by molar-refractivity contribution is 0.587. The number of hydrogen-bond acceptors (Lipinski definition) is 2. The number of isothiocyanates is 1. The van der Waals surface area contributed by atoms with E-state index in [0.717, 1.165) is 41.7 Å². The van der Waals surface area contributed by atoms with Gasteiger partial charge in [0.2, 0.25) is 0 Å². The van der Waals surface area contributed by atoms with Crippen molar-refractivity contribution in [3.63, 3.8) is 0 Å². The van der Waals surface area contributed by atoms with Crippen LogP contribution in [-0.4, -0.2) is 5.16 Å². The second-order valence-electron chi connectivity index (χ2n) is 6.27. The molecule has 0 atom stereocenters. The second kappa shape index (κ2) is 9.19. The molecule has 0 saturated carbocycles. The van der Waals surface area contributed by atoms with Crippen molar-refractivity contribution in [3.05, 3.63) is 89.0 Å². The molecule has 0 aromatic heterocycles. The van der Waals surface area contributed by atoms with Gasteiger partial charge in [0.25, 0.3) is 0 Å². The summed E-state index contributed by atoms with van der Waals surface area (Å²) in [5.74, 6) is 4.06. The van der Waals surface area contributed by atoms with E-state index in [9.17, 15) is 8.78 Å². The fourth-order valence-corrected chi connectivity index (χ4v) is 2.92. The first-order valence-electron chi connectivity index (χ1n) is 8.89. The standard InChI is InChI=1S/C24H17F2NS/c1-2-3-17-6-10-20(11-7-17)21-12-8-18(9-13-21)4-5-19-14-22(25)24(27-16-28)23(26)15-19/h6-15H,2-3H2,1H3. The number of thiocarbonyl (C=S) groups is 1. The summed E-state index contributed by atoms with van der Waals surface area (Å²) < 4.78 is 27.7. The summed E-state index contributed by atoms with van der Waals surface area (Å²) in [5, 5.41) is 1.96. The van der Waals surface area contributed by atoms with Crippen LogP contribution in [0.1, 0.15) is 30.0 Å². The summed E-state index contributed by atoms with van der Waals surface area (Å²) in [7, 11) is 0. The topological polar surface area (TPSA) is 12.4 Å². The van der Waals surface area contributed by atoms with Crippen molar-refractivity contribution >= 4 is 23.1 Å². The summed E-state index contributed by atoms with van der Waals surface area (Å²) in [6.45, 7) is 2.17. The molecule has 3 aromatic rings. The van der Waals surface area contributed by atoms with E-state index in [1.807, 2.05) is 29.4 Å². The van der Waals surface area contributed by atoms with Gasteiger partial charge in [0.15, 0.2) is 11.6 Å². The summed E-state index contributed by atoms with van der Waals surface area (Å²) in [6.07, 6.45) is 2.21. The van der Waals surface area contributed by atoms with E-state index in [2.05, 4.69) is 60.2 Å². The zero-order valence-corrected chi connectivity index (χ0v) is 16.1. The van der Waals surface area contributed by atoms with Gasteiger partial charge in [-0.3, -0.25) is 0 Å². The third-order valence-electron chi connectivity index (χ3n) is 4.24. The van der Waals surface area contributed by atoms with E-state index in [1.54, 1.807) is 0 Å². The Labute approximate surface area is 168 Å². The van der Waals surface area contributed by atoms with Crippen molar-refractivity contribution in [2.75, 3.05) is 0 Å². The number of benzene rings is 3. The van der Waals surface area contributed by atoms with Gasteiger partial charge in [-0.05, 0) is 59.6 Å². The van der Waals surface area contributed by atoms with Crippen molar-refractivity contribution in [1.29, 1.82) is 0 Å². The normalized spacial score (nSPS) is 9.96. The van der Waals surface area contributed by atoms with E-state index in [-0.39, 0.29) is 5.56 Å². The van der Waals surface area contributed by atoms with Crippen LogP contribution in [0.4, 0.5) is 14.5 Å². The number of aryl methyl sites for hydroxylation is 1. The maximum atomic E-state index is 13.9. The van der Waals surface area contributed by atoms with Crippen molar-refractivity contribution < 1.29 is 8.78 Å². The minimum Gasteiger partial charge on any atom is -0.204 e. The van der Waals surface area contributed by atoms with Crippen molar-refractivity contribution in [3.8, 4) is 23.0 Å². The zero-order valence-electron chi connectivity index (χ0n) is 15.3. The van der Waals surface area contributed by atoms with Crippen LogP contribution in [0.15, 0.2) is 65.7 Å². The van der Waals surface area contributed by atoms with E-state index < -0.39 is 17.3 Å². The summed E-state index contributed by atoms with van der Waals surface area (Å²) >= 11 is 4.39. The van der Waals surface area contributed by atoms with Gasteiger partial charge in [0, 0.05) is 11.1 Å². The van der Waals surface area contributed by atoms with E-state index in [1.165, 1.54) is 5.56 Å². The van der Waals surface area contributed by atoms with Crippen molar-refractivity contribution in [2.45, 2.75) is 19.8 Å². The monoisotopic (exact) mass is 389 g/mol. The molecule has 1 nitrogen and oxygen atoms in total. The lowest BCUT2D eigenvalue weighted by Crippen LogP contribution is -1.86. The lowest BCUT2D eigenvalue weighted by Gasteiger charge is -2.04. The Kier molecular flexibility index (Phi) is 6.45. The third kappa shape index (κ3) is 4.78. The molecule has 0 aliphatic carbocycles. The quantitative estimate of drug-likeness (QED) is 0.274. The third-order valence-corrected chi connectivity index (χ3v) is 4.33. The average molecular weight is 389 g/mol. The molecule has 0 unspecified atom stereocenters. The highest BCUT2D eigenvalue weighted by molar-refractivity contribution is 7.78. The van der Waals surface area contributed by atoms with E-state index >= 15 is 0 Å². The Morgan fingerprint density at radius 3 is 1.89 bits per heavy atom. The fraction of sp³-hybridized carbons (Fsp3) is 0.125. The molecule has 0 spiro atoms. The Hall–Kier alpha value is -3.12. The molecule has 0 aliphatic rings. The van der Waals surface area contributed by atoms with Gasteiger partial charge in [-0.25, -0.2) is 8.78 Å². The van der Waals surface area contributed by atoms with Gasteiger partial charge >= 0.3 is 0 Å². The molecule has 4 heteroatoms. The van der Waals surface area contributed by atoms with E-state index in [0.29, 0.717) is 0 Å². The summed E-state index contributed by atoms with van der Waals surface area (Å²) in [5.41, 5.74) is 4.10. The lowest BCUT2D eigenvalue weighted by atomic mass is 10.0. The highest BCUT2D eigenvalue weighted by Crippen LogP contribution is 2.23. The van der Waals surface area contributed by atoms with Crippen molar-refractivity contribution in [2.24, 2.45) is 4.99 Å². The van der Waals surface area contributed by atoms with E-state index in [4.69, 9.17) is 0 Å². The van der Waals surface area contributed by atoms with Crippen LogP contribution in [0.25, 0.3) is 11.1 Å². The first-order valence-corrected chi connectivity index (χ1v) is 9.30. The second-order valence-corrected chi connectivity index (χ2v) is 6.45. The molecule has 3 aromatic carbocycles. The molecule has 0 bridgehead atoms. The first kappa shape index (κ1) is 19.6. The zero-order chi connectivity index (χ0) is 19.9. The van der Waals surface area contributed by atoms with Crippen LogP contribution in [0.2, 0.25) is 0 Å². The van der Waals surface area contributed by atoms with Crippen LogP contribution in [0.5, 0.6) is 0 Å². The Bertz CT molecular complexity index is 1060. The van der Waals surface area contributed by atoms with Crippen LogP contribution < -0.4 is 0 Å². The maximum Gasteiger partial charge on any atom is 0.153 e. The largest absolute Gasteiger partial charge is 0.204 e. The number of hydrogen-bond donors (Lipinski definition) is 0. The minimum absolute atomic E-state index is 0.230. The molecule has 0 heterocycles. The van der Waals surface area contributed by atoms with Gasteiger partial charge in [-0.2, -0.15) is 4.99 Å². The number of aliphatic imine (C=N–C) groups is 1. The number of halogens is 2. The van der Waals surface area contributed by atoms with Gasteiger partial charge in [0.05, 0.1) is 5.16 Å². The summed E-state index contributed by atoms with van der Waals surface area (Å²) in [4.78, 5) is 3.39. The maximum absolute atomic E-state index is 13.9. The van der Waals surface area contributed by atoms with Crippen LogP contribution in [0, 0.1) is 23.5 Å². The molecule has 3 rings (SSSR count). The SMILES string of the molecule is CCCc1ccc(-c2ccc(C#Cc3cc(F)c(N=C=S)c(F)c3)cc2)cc1.